The SMILES string of the molecule is OCC1OC(OC2CC3C(CC(O)C(O)C3O)[OH+]C2C2CCC(O)CC2)C(O)C(O)C1O. The summed E-state index contributed by atoms with van der Waals surface area (Å²) in [6.45, 7) is -0.572. The Balaban J connectivity index is 1.54. The van der Waals surface area contributed by atoms with Crippen LogP contribution >= 0.6 is 0 Å². The molecule has 4 rings (SSSR count). The molecule has 0 bridgehead atoms. The molecule has 0 aromatic heterocycles. The minimum atomic E-state index is -1.57. The van der Waals surface area contributed by atoms with Gasteiger partial charge in [-0.25, -0.2) is 0 Å². The number of rotatable bonds is 4. The third-order valence-corrected chi connectivity index (χ3v) is 7.79. The monoisotopic (exact) mass is 465 g/mol. The molecule has 2 heterocycles. The van der Waals surface area contributed by atoms with Gasteiger partial charge in [0.15, 0.2) is 18.5 Å². The Morgan fingerprint density at radius 1 is 0.781 bits per heavy atom. The zero-order chi connectivity index (χ0) is 23.2. The number of ether oxygens (including phenoxy) is 3. The molecule has 2 saturated heterocycles. The maximum absolute atomic E-state index is 10.6. The molecule has 186 valence electrons. The van der Waals surface area contributed by atoms with E-state index in [9.17, 15) is 40.9 Å². The van der Waals surface area contributed by atoms with Crippen LogP contribution in [0.4, 0.5) is 0 Å². The van der Waals surface area contributed by atoms with Crippen LogP contribution in [0.3, 0.4) is 0 Å². The molecule has 32 heavy (non-hydrogen) atoms. The first kappa shape index (κ1) is 24.7. The molecule has 4 fully saturated rings. The zero-order valence-electron chi connectivity index (χ0n) is 17.9. The van der Waals surface area contributed by atoms with Crippen molar-refractivity contribution in [3.8, 4) is 0 Å². The number of hydrogen-bond donors (Lipinski definition) is 8. The molecule has 2 aliphatic heterocycles. The highest BCUT2D eigenvalue weighted by atomic mass is 16.7. The van der Waals surface area contributed by atoms with Gasteiger partial charge in [-0.15, -0.1) is 0 Å². The van der Waals surface area contributed by atoms with E-state index in [4.69, 9.17) is 14.2 Å². The Labute approximate surface area is 186 Å². The van der Waals surface area contributed by atoms with Crippen LogP contribution in [0.25, 0.3) is 0 Å². The van der Waals surface area contributed by atoms with E-state index in [1.807, 2.05) is 0 Å². The fraction of sp³-hybridized carbons (Fsp3) is 1.00. The number of fused-ring (bicyclic) bond motifs is 1. The molecular formula is C21H37O11+. The van der Waals surface area contributed by atoms with Crippen LogP contribution < -0.4 is 0 Å². The lowest BCUT2D eigenvalue weighted by molar-refractivity contribution is -0.359. The molecule has 2 saturated carbocycles. The molecule has 12 unspecified atom stereocenters. The van der Waals surface area contributed by atoms with Crippen LogP contribution in [0.15, 0.2) is 0 Å². The van der Waals surface area contributed by atoms with Crippen LogP contribution in [-0.2, 0) is 9.47 Å². The second kappa shape index (κ2) is 10.0. The minimum Gasteiger partial charge on any atom is -0.427 e. The maximum Gasteiger partial charge on any atom is 0.187 e. The van der Waals surface area contributed by atoms with Crippen LogP contribution in [-0.4, -0.2) is 126 Å². The molecule has 11 heteroatoms. The standard InChI is InChI=1S/C21H36O11/c22-7-14-17(27)18(28)19(29)21(32-14)31-13-5-10-12(6-11(24)16(26)15(10)25)30-20(13)8-1-3-9(23)4-2-8/h8-29H,1-7H2/p+1. The van der Waals surface area contributed by atoms with E-state index in [1.54, 1.807) is 0 Å². The van der Waals surface area contributed by atoms with Crippen molar-refractivity contribution in [2.75, 3.05) is 6.61 Å². The van der Waals surface area contributed by atoms with E-state index in [2.05, 4.69) is 0 Å². The summed E-state index contributed by atoms with van der Waals surface area (Å²) in [4.78, 5) is 0. The van der Waals surface area contributed by atoms with Gasteiger partial charge in [0.25, 0.3) is 0 Å². The molecule has 0 aromatic carbocycles. The second-order valence-corrected chi connectivity index (χ2v) is 9.83. The molecular weight excluding hydrogens is 428 g/mol. The van der Waals surface area contributed by atoms with Gasteiger partial charge in [-0.1, -0.05) is 0 Å². The summed E-state index contributed by atoms with van der Waals surface area (Å²) in [5.74, 6) is -0.385. The summed E-state index contributed by atoms with van der Waals surface area (Å²) in [7, 11) is 0. The molecule has 0 spiro atoms. The van der Waals surface area contributed by atoms with Gasteiger partial charge in [0.05, 0.1) is 30.8 Å². The topological polar surface area (TPSA) is 193 Å². The highest BCUT2D eigenvalue weighted by Gasteiger charge is 2.56. The van der Waals surface area contributed by atoms with Crippen molar-refractivity contribution in [2.24, 2.45) is 11.8 Å². The first-order valence-corrected chi connectivity index (χ1v) is 11.6. The zero-order valence-corrected chi connectivity index (χ0v) is 17.9. The van der Waals surface area contributed by atoms with E-state index in [0.717, 1.165) is 12.8 Å². The normalized spacial score (nSPS) is 54.8. The summed E-state index contributed by atoms with van der Waals surface area (Å²) in [5.41, 5.74) is 0. The molecule has 9 N–H and O–H groups in total. The fourth-order valence-electron chi connectivity index (χ4n) is 5.82. The molecule has 0 amide bonds. The van der Waals surface area contributed by atoms with Crippen molar-refractivity contribution >= 4 is 0 Å². The van der Waals surface area contributed by atoms with Gasteiger partial charge < -0.3 is 55.1 Å². The lowest BCUT2D eigenvalue weighted by Gasteiger charge is -2.49. The highest BCUT2D eigenvalue weighted by Crippen LogP contribution is 2.42. The Morgan fingerprint density at radius 3 is 2.12 bits per heavy atom. The van der Waals surface area contributed by atoms with Gasteiger partial charge in [-0.3, -0.25) is 0 Å². The first-order chi connectivity index (χ1) is 15.2. The summed E-state index contributed by atoms with van der Waals surface area (Å²) >= 11 is 0. The third-order valence-electron chi connectivity index (χ3n) is 7.79. The summed E-state index contributed by atoms with van der Waals surface area (Å²) in [6.07, 6.45) is -9.12. The molecule has 2 aliphatic carbocycles. The average Bonchev–Trinajstić information content (AvgIpc) is 2.78. The largest absolute Gasteiger partial charge is 0.427 e. The van der Waals surface area contributed by atoms with E-state index in [1.165, 1.54) is 0 Å². The number of aliphatic hydroxyl groups excluding tert-OH is 8. The highest BCUT2D eigenvalue weighted by molar-refractivity contribution is 5.00. The van der Waals surface area contributed by atoms with Crippen molar-refractivity contribution in [2.45, 2.75) is 112 Å². The number of aliphatic hydroxyl groups is 10. The van der Waals surface area contributed by atoms with Gasteiger partial charge in [0.2, 0.25) is 0 Å². The van der Waals surface area contributed by atoms with Crippen LogP contribution in [0.2, 0.25) is 0 Å². The summed E-state index contributed by atoms with van der Waals surface area (Å²) in [5, 5.41) is 80.7. The lowest BCUT2D eigenvalue weighted by atomic mass is 9.72. The van der Waals surface area contributed by atoms with Crippen molar-refractivity contribution in [3.63, 3.8) is 0 Å². The Hall–Kier alpha value is -0.440. The van der Waals surface area contributed by atoms with Crippen LogP contribution in [0, 0.1) is 11.8 Å². The lowest BCUT2D eigenvalue weighted by Crippen LogP contribution is -2.64. The Kier molecular flexibility index (Phi) is 7.75. The predicted molar refractivity (Wildman–Crippen MR) is 107 cm³/mol. The maximum atomic E-state index is 10.6. The molecule has 11 nitrogen and oxygen atoms in total. The van der Waals surface area contributed by atoms with Gasteiger partial charge in [-0.05, 0) is 32.1 Å². The van der Waals surface area contributed by atoms with Gasteiger partial charge in [0, 0.05) is 12.3 Å². The summed E-state index contributed by atoms with van der Waals surface area (Å²) in [6, 6.07) is 0. The number of hydrogen-bond acceptors (Lipinski definition) is 10. The van der Waals surface area contributed by atoms with Crippen molar-refractivity contribution in [3.05, 3.63) is 0 Å². The second-order valence-electron chi connectivity index (χ2n) is 9.83. The molecule has 0 radical (unpaired) electrons. The summed E-state index contributed by atoms with van der Waals surface area (Å²) < 4.78 is 16.5. The molecule has 4 aliphatic rings. The quantitative estimate of drug-likeness (QED) is 0.193. The first-order valence-electron chi connectivity index (χ1n) is 11.6. The molecule has 12 atom stereocenters. The Bertz CT molecular complexity index is 613. The van der Waals surface area contributed by atoms with Gasteiger partial charge in [-0.2, -0.15) is 0 Å². The van der Waals surface area contributed by atoms with E-state index in [0.29, 0.717) is 12.8 Å². The minimum absolute atomic E-state index is 0.0790. The van der Waals surface area contributed by atoms with Crippen LogP contribution in [0.5, 0.6) is 0 Å². The van der Waals surface area contributed by atoms with Crippen molar-refractivity contribution in [1.29, 1.82) is 0 Å². The van der Waals surface area contributed by atoms with E-state index in [-0.39, 0.29) is 37.1 Å². The van der Waals surface area contributed by atoms with Crippen molar-refractivity contribution < 1.29 is 55.1 Å². The smallest absolute Gasteiger partial charge is 0.187 e. The third kappa shape index (κ3) is 4.71. The Morgan fingerprint density at radius 2 is 1.47 bits per heavy atom. The van der Waals surface area contributed by atoms with Crippen LogP contribution in [0.1, 0.15) is 38.5 Å². The van der Waals surface area contributed by atoms with Crippen molar-refractivity contribution in [1.82, 2.24) is 0 Å². The van der Waals surface area contributed by atoms with Gasteiger partial charge in [0.1, 0.15) is 36.6 Å². The fourth-order valence-corrected chi connectivity index (χ4v) is 5.82. The molecule has 0 aromatic rings. The predicted octanol–water partition coefficient (Wildman–Crippen LogP) is -3.51. The van der Waals surface area contributed by atoms with E-state index >= 15 is 0 Å². The van der Waals surface area contributed by atoms with Gasteiger partial charge >= 0.3 is 0 Å². The van der Waals surface area contributed by atoms with E-state index < -0.39 is 67.6 Å². The average molecular weight is 466 g/mol.